The molecule has 0 aliphatic heterocycles. The molecule has 3 N–H and O–H groups in total. The molecule has 0 heterocycles. The van der Waals surface area contributed by atoms with Gasteiger partial charge in [0.2, 0.25) is 0 Å². The third kappa shape index (κ3) is 59.0. The topological polar surface area (TPSA) is 61.5 Å². The van der Waals surface area contributed by atoms with Gasteiger partial charge in [-0.25, -0.2) is 0 Å². The maximum absolute atomic E-state index is 0. The quantitative estimate of drug-likeness (QED) is 0.306. The maximum Gasteiger partial charge on any atom is 0 e. The van der Waals surface area contributed by atoms with Gasteiger partial charge in [0, 0.05) is 82.4 Å². The number of halogens is 1. The summed E-state index contributed by atoms with van der Waals surface area (Å²) in [7, 11) is 0. The molecule has 7 heteroatoms. The number of hydrogen-bond acceptors (Lipinski definition) is 1. The first kappa shape index (κ1) is 113. The maximum atomic E-state index is 0. The van der Waals surface area contributed by atoms with Crippen LogP contribution in [0.3, 0.4) is 0 Å². The second-order valence-corrected chi connectivity index (χ2v) is 0. The Kier molecular flexibility index (Phi) is 1280. The van der Waals surface area contributed by atoms with Crippen LogP contribution in [-0.4, -0.2) is 93.4 Å². The van der Waals surface area contributed by atoms with Gasteiger partial charge in [0.1, 0.15) is 0 Å². The molecule has 0 saturated heterocycles. The Morgan fingerprint density at radius 3 is 1.00 bits per heavy atom. The normalized spacial score (nSPS) is 0. The molecular formula is H3FLiMgNaO2Si-2. The Labute approximate surface area is 96.8 Å². The standard InChI is InChI=1S/FH.Li.Mg.Na.2H2O.Si/h1H;;;;2*1H2;/p-2. The van der Waals surface area contributed by atoms with Crippen LogP contribution in [0.15, 0.2) is 0 Å². The Morgan fingerprint density at radius 2 is 1.00 bits per heavy atom. The summed E-state index contributed by atoms with van der Waals surface area (Å²) in [6.07, 6.45) is 0. The van der Waals surface area contributed by atoms with Crippen molar-refractivity contribution in [3.05, 3.63) is 0 Å². The molecule has 0 rings (SSSR count). The third-order valence-electron chi connectivity index (χ3n) is 0. The van der Waals surface area contributed by atoms with Crippen LogP contribution in [0.4, 0.5) is 0 Å². The van der Waals surface area contributed by atoms with E-state index in [1.54, 1.807) is 0 Å². The Bertz CT molecular complexity index is 17.7. The van der Waals surface area contributed by atoms with Gasteiger partial charge in [-0.2, -0.15) is 0 Å². The van der Waals surface area contributed by atoms with E-state index in [0.717, 1.165) is 0 Å². The molecule has 0 amide bonds. The fourth-order valence-electron chi connectivity index (χ4n) is 0. The molecule has 32 valence electrons. The van der Waals surface area contributed by atoms with E-state index in [-0.39, 0.29) is 98.1 Å². The average molecular weight is 136 g/mol. The molecule has 8 radical (unpaired) electrons. The molecule has 0 aliphatic carbocycles. The summed E-state index contributed by atoms with van der Waals surface area (Å²) in [5.74, 6) is 0. The van der Waals surface area contributed by atoms with Crippen LogP contribution in [0.5, 0.6) is 0 Å². The van der Waals surface area contributed by atoms with Crippen molar-refractivity contribution in [2.45, 2.75) is 0 Å². The summed E-state index contributed by atoms with van der Waals surface area (Å²) in [6.45, 7) is 0. The minimum absolute atomic E-state index is 0. The number of rotatable bonds is 0. The SMILES string of the molecule is O.[F-].[Li].[Mg].[Na].[OH-].[Si]. The van der Waals surface area contributed by atoms with Crippen molar-refractivity contribution in [1.29, 1.82) is 0 Å². The zero-order chi connectivity index (χ0) is 0. The molecule has 0 aromatic heterocycles. The molecule has 0 aromatic rings. The zero-order valence-electron chi connectivity index (χ0n) is 4.53. The van der Waals surface area contributed by atoms with Crippen LogP contribution in [0.1, 0.15) is 0 Å². The molecule has 0 unspecified atom stereocenters. The first-order valence-corrected chi connectivity index (χ1v) is 0. The van der Waals surface area contributed by atoms with E-state index in [2.05, 4.69) is 0 Å². The van der Waals surface area contributed by atoms with Gasteiger partial charge >= 0.3 is 0 Å². The van der Waals surface area contributed by atoms with Gasteiger partial charge in [0.05, 0.1) is 0 Å². The molecular weight excluding hydrogens is 133 g/mol. The summed E-state index contributed by atoms with van der Waals surface area (Å²) in [4.78, 5) is 0. The molecule has 2 nitrogen and oxygen atoms in total. The Hall–Kier alpha value is 2.43. The second-order valence-electron chi connectivity index (χ2n) is 0. The van der Waals surface area contributed by atoms with Crippen molar-refractivity contribution >= 4 is 82.4 Å². The molecule has 0 fully saturated rings. The van der Waals surface area contributed by atoms with E-state index in [9.17, 15) is 0 Å². The van der Waals surface area contributed by atoms with Gasteiger partial charge in [0.25, 0.3) is 0 Å². The molecule has 0 aliphatic rings. The van der Waals surface area contributed by atoms with E-state index in [1.807, 2.05) is 0 Å². The van der Waals surface area contributed by atoms with Crippen LogP contribution in [-0.2, 0) is 0 Å². The molecule has 0 saturated carbocycles. The van der Waals surface area contributed by atoms with Crippen molar-refractivity contribution in [2.24, 2.45) is 0 Å². The van der Waals surface area contributed by atoms with Crippen LogP contribution in [0.25, 0.3) is 0 Å². The summed E-state index contributed by atoms with van der Waals surface area (Å²) in [6, 6.07) is 0. The first-order valence-electron chi connectivity index (χ1n) is 0. The summed E-state index contributed by atoms with van der Waals surface area (Å²) < 4.78 is 0. The van der Waals surface area contributed by atoms with E-state index < -0.39 is 0 Å². The van der Waals surface area contributed by atoms with Crippen molar-refractivity contribution in [3.8, 4) is 0 Å². The van der Waals surface area contributed by atoms with Gasteiger partial charge in [-0.05, 0) is 0 Å². The van der Waals surface area contributed by atoms with E-state index >= 15 is 0 Å². The summed E-state index contributed by atoms with van der Waals surface area (Å²) >= 11 is 0. The van der Waals surface area contributed by atoms with Crippen molar-refractivity contribution in [2.75, 3.05) is 0 Å². The monoisotopic (exact) mass is 136 g/mol. The van der Waals surface area contributed by atoms with E-state index in [0.29, 0.717) is 0 Å². The fourth-order valence-corrected chi connectivity index (χ4v) is 0. The van der Waals surface area contributed by atoms with Gasteiger partial charge in [-0.15, -0.1) is 0 Å². The largest absolute Gasteiger partial charge is 1.00 e. The minimum Gasteiger partial charge on any atom is -1.00 e. The van der Waals surface area contributed by atoms with Crippen LogP contribution >= 0.6 is 0 Å². The van der Waals surface area contributed by atoms with Gasteiger partial charge in [-0.3, -0.25) is 0 Å². The minimum atomic E-state index is 0. The molecule has 0 bridgehead atoms. The van der Waals surface area contributed by atoms with Crippen molar-refractivity contribution < 1.29 is 15.7 Å². The average Bonchev–Trinajstić information content (AvgIpc) is 0. The van der Waals surface area contributed by atoms with E-state index in [4.69, 9.17) is 0 Å². The molecule has 0 aromatic carbocycles. The Balaban J connectivity index is 0. The first-order chi connectivity index (χ1) is 0. The molecule has 0 atom stereocenters. The van der Waals surface area contributed by atoms with Crippen molar-refractivity contribution in [3.63, 3.8) is 0 Å². The van der Waals surface area contributed by atoms with Crippen LogP contribution in [0, 0.1) is 0 Å². The van der Waals surface area contributed by atoms with Crippen LogP contribution in [0.2, 0.25) is 0 Å². The number of hydrogen-bond donors (Lipinski definition) is 0. The van der Waals surface area contributed by atoms with Crippen LogP contribution < -0.4 is 4.70 Å². The van der Waals surface area contributed by atoms with Gasteiger partial charge < -0.3 is 15.7 Å². The van der Waals surface area contributed by atoms with Gasteiger partial charge in [0.15, 0.2) is 0 Å². The third-order valence-corrected chi connectivity index (χ3v) is 0. The summed E-state index contributed by atoms with van der Waals surface area (Å²) in [5.41, 5.74) is 0. The van der Waals surface area contributed by atoms with Crippen molar-refractivity contribution in [1.82, 2.24) is 0 Å². The molecule has 7 heavy (non-hydrogen) atoms. The smallest absolute Gasteiger partial charge is 0 e. The zero-order valence-corrected chi connectivity index (χ0v) is 8.95. The van der Waals surface area contributed by atoms with E-state index in [1.165, 1.54) is 0 Å². The Morgan fingerprint density at radius 1 is 1.00 bits per heavy atom. The van der Waals surface area contributed by atoms with Gasteiger partial charge in [-0.1, -0.05) is 0 Å². The predicted molar refractivity (Wildman–Crippen MR) is 28.6 cm³/mol. The predicted octanol–water partition coefficient (Wildman–Crippen LogP) is -5.52. The molecule has 0 spiro atoms. The summed E-state index contributed by atoms with van der Waals surface area (Å²) in [5, 5.41) is 0. The second kappa shape index (κ2) is 78.8. The fraction of sp³-hybridized carbons (Fsp3) is 0.